The second-order valence-corrected chi connectivity index (χ2v) is 1.48. The third kappa shape index (κ3) is 613. The lowest BCUT2D eigenvalue weighted by atomic mass is 10.8. The Morgan fingerprint density at radius 1 is 2.00 bits per heavy atom. The van der Waals surface area contributed by atoms with Crippen LogP contribution in [0.2, 0.25) is 0 Å². The largest absolute Gasteiger partial charge is 0.311 e. The topological polar surface area (TPSA) is 19.9 Å². The number of hydrogen-bond donors (Lipinski definition) is 0. The molecule has 0 bridgehead atoms. The van der Waals surface area contributed by atoms with Crippen LogP contribution >= 0.6 is 11.6 Å². The van der Waals surface area contributed by atoms with Crippen LogP contribution in [-0.2, 0) is 5.11 Å². The summed E-state index contributed by atoms with van der Waals surface area (Å²) in [5, 5.41) is 6.43. The molecule has 0 N–H and O–H groups in total. The quantitative estimate of drug-likeness (QED) is 0.406. The van der Waals surface area contributed by atoms with Crippen molar-refractivity contribution in [3.63, 3.8) is 0 Å². The van der Waals surface area contributed by atoms with Gasteiger partial charge in [0.1, 0.15) is 0 Å². The predicted octanol–water partition coefficient (Wildman–Crippen LogP) is 1.30. The standard InChI is InChI=1S/C2H3ClFO/c1-2(3,4)5/h1H3. The van der Waals surface area contributed by atoms with Crippen molar-refractivity contribution in [3.8, 4) is 0 Å². The highest BCUT2D eigenvalue weighted by atomic mass is 35.5. The molecule has 0 rings (SSSR count). The molecule has 1 radical (unpaired) electrons. The minimum atomic E-state index is -2.78. The lowest BCUT2D eigenvalue weighted by Gasteiger charge is -1.91. The van der Waals surface area contributed by atoms with Crippen LogP contribution in [0.1, 0.15) is 6.92 Å². The summed E-state index contributed by atoms with van der Waals surface area (Å²) >= 11 is 4.31. The average Bonchev–Trinajstić information content (AvgIpc) is 0.722. The minimum absolute atomic E-state index is 0.731. The highest BCUT2D eigenvalue weighted by Crippen LogP contribution is 2.09. The van der Waals surface area contributed by atoms with Crippen molar-refractivity contribution in [1.29, 1.82) is 0 Å². The van der Waals surface area contributed by atoms with Crippen LogP contribution in [0, 0.1) is 0 Å². The lowest BCUT2D eigenvalue weighted by molar-refractivity contribution is -0.0491. The average molecular weight is 97.5 g/mol. The van der Waals surface area contributed by atoms with Crippen molar-refractivity contribution in [3.05, 3.63) is 0 Å². The Kier molecular flexibility index (Phi) is 1.15. The molecule has 31 valence electrons. The minimum Gasteiger partial charge on any atom is -0.191 e. The molecule has 0 aromatic carbocycles. The Bertz CT molecular complexity index is 25.1. The van der Waals surface area contributed by atoms with Crippen molar-refractivity contribution in [2.24, 2.45) is 0 Å². The maximum atomic E-state index is 10.9. The van der Waals surface area contributed by atoms with Crippen LogP contribution in [0.5, 0.6) is 0 Å². The molecular formula is C2H3ClFO. The fourth-order valence-electron chi connectivity index (χ4n) is 0. The summed E-state index contributed by atoms with van der Waals surface area (Å²) in [5.74, 6) is 0. The van der Waals surface area contributed by atoms with E-state index in [4.69, 9.17) is 0 Å². The molecule has 0 amide bonds. The van der Waals surface area contributed by atoms with E-state index in [0.717, 1.165) is 6.92 Å². The van der Waals surface area contributed by atoms with Crippen LogP contribution in [0.25, 0.3) is 0 Å². The van der Waals surface area contributed by atoms with Gasteiger partial charge in [-0.05, 0) is 11.6 Å². The number of hydrogen-bond acceptors (Lipinski definition) is 0. The SMILES string of the molecule is CC([O])(F)Cl. The summed E-state index contributed by atoms with van der Waals surface area (Å²) in [6.07, 6.45) is 0. The Labute approximate surface area is 34.4 Å². The summed E-state index contributed by atoms with van der Waals surface area (Å²) in [5.41, 5.74) is 0. The molecule has 0 fully saturated rings. The number of alkyl halides is 2. The van der Waals surface area contributed by atoms with E-state index in [-0.39, 0.29) is 0 Å². The molecule has 0 saturated heterocycles. The van der Waals surface area contributed by atoms with E-state index >= 15 is 0 Å². The molecule has 0 aliphatic rings. The van der Waals surface area contributed by atoms with Crippen LogP contribution in [-0.4, -0.2) is 5.31 Å². The molecule has 0 saturated carbocycles. The molecule has 0 spiro atoms. The maximum absolute atomic E-state index is 10.9. The van der Waals surface area contributed by atoms with Crippen molar-refractivity contribution in [2.45, 2.75) is 12.2 Å². The molecular weight excluding hydrogens is 94.5 g/mol. The fourth-order valence-corrected chi connectivity index (χ4v) is 0. The summed E-state index contributed by atoms with van der Waals surface area (Å²) in [6.45, 7) is 0.731. The Balaban J connectivity index is 3.02. The van der Waals surface area contributed by atoms with Crippen LogP contribution in [0.3, 0.4) is 0 Å². The van der Waals surface area contributed by atoms with Gasteiger partial charge >= 0.3 is 5.31 Å². The molecule has 0 aromatic heterocycles. The zero-order valence-corrected chi connectivity index (χ0v) is 3.42. The van der Waals surface area contributed by atoms with E-state index in [1.165, 1.54) is 0 Å². The van der Waals surface area contributed by atoms with E-state index in [2.05, 4.69) is 11.6 Å². The van der Waals surface area contributed by atoms with E-state index in [9.17, 15) is 9.50 Å². The van der Waals surface area contributed by atoms with Gasteiger partial charge in [-0.3, -0.25) is 0 Å². The second kappa shape index (κ2) is 1.11. The maximum Gasteiger partial charge on any atom is 0.311 e. The van der Waals surface area contributed by atoms with Gasteiger partial charge in [0.25, 0.3) is 0 Å². The van der Waals surface area contributed by atoms with Crippen LogP contribution in [0.4, 0.5) is 4.39 Å². The zero-order valence-electron chi connectivity index (χ0n) is 2.66. The van der Waals surface area contributed by atoms with Crippen LogP contribution < -0.4 is 0 Å². The van der Waals surface area contributed by atoms with Gasteiger partial charge in [-0.15, -0.1) is 0 Å². The summed E-state index contributed by atoms with van der Waals surface area (Å²) in [4.78, 5) is 0. The lowest BCUT2D eigenvalue weighted by Crippen LogP contribution is -1.99. The van der Waals surface area contributed by atoms with Crippen molar-refractivity contribution in [1.82, 2.24) is 0 Å². The Hall–Kier alpha value is 0.180. The fraction of sp³-hybridized carbons (Fsp3) is 1.00. The highest BCUT2D eigenvalue weighted by Gasteiger charge is 2.12. The third-order valence-corrected chi connectivity index (χ3v) is 0. The van der Waals surface area contributed by atoms with Crippen molar-refractivity contribution >= 4 is 11.6 Å². The van der Waals surface area contributed by atoms with E-state index in [1.807, 2.05) is 0 Å². The first-order chi connectivity index (χ1) is 2.00. The molecule has 1 atom stereocenters. The summed E-state index contributed by atoms with van der Waals surface area (Å²) in [6, 6.07) is 0. The number of halogens is 2. The molecule has 0 heterocycles. The second-order valence-electron chi connectivity index (χ2n) is 0.808. The van der Waals surface area contributed by atoms with E-state index in [0.29, 0.717) is 0 Å². The van der Waals surface area contributed by atoms with E-state index < -0.39 is 5.31 Å². The summed E-state index contributed by atoms with van der Waals surface area (Å²) < 4.78 is 10.9. The monoisotopic (exact) mass is 97.0 g/mol. The van der Waals surface area contributed by atoms with Gasteiger partial charge in [0.15, 0.2) is 0 Å². The number of rotatable bonds is 0. The zero-order chi connectivity index (χ0) is 4.50. The predicted molar refractivity (Wildman–Crippen MR) is 16.1 cm³/mol. The molecule has 1 unspecified atom stereocenters. The molecule has 0 aliphatic heterocycles. The summed E-state index contributed by atoms with van der Waals surface area (Å²) in [7, 11) is 0. The highest BCUT2D eigenvalue weighted by molar-refractivity contribution is 6.21. The van der Waals surface area contributed by atoms with Gasteiger partial charge < -0.3 is 0 Å². The molecule has 3 heteroatoms. The van der Waals surface area contributed by atoms with E-state index in [1.54, 1.807) is 0 Å². The molecule has 1 nitrogen and oxygen atoms in total. The normalized spacial score (nSPS) is 21.6. The third-order valence-electron chi connectivity index (χ3n) is 0. The Morgan fingerprint density at radius 3 is 2.00 bits per heavy atom. The first kappa shape index (κ1) is 5.18. The molecule has 5 heavy (non-hydrogen) atoms. The van der Waals surface area contributed by atoms with Gasteiger partial charge in [0.05, 0.1) is 0 Å². The first-order valence-electron chi connectivity index (χ1n) is 1.08. The van der Waals surface area contributed by atoms with Gasteiger partial charge in [-0.2, -0.15) is 9.50 Å². The van der Waals surface area contributed by atoms with Gasteiger partial charge in [-0.1, -0.05) is 0 Å². The van der Waals surface area contributed by atoms with Gasteiger partial charge in [0.2, 0.25) is 0 Å². The molecule has 0 aliphatic carbocycles. The van der Waals surface area contributed by atoms with Crippen LogP contribution in [0.15, 0.2) is 0 Å². The smallest absolute Gasteiger partial charge is 0.191 e. The van der Waals surface area contributed by atoms with Gasteiger partial charge in [-0.25, -0.2) is 0 Å². The molecule has 0 aromatic rings. The van der Waals surface area contributed by atoms with Gasteiger partial charge in [0, 0.05) is 6.92 Å². The van der Waals surface area contributed by atoms with Crippen molar-refractivity contribution in [2.75, 3.05) is 0 Å². The van der Waals surface area contributed by atoms with Crippen molar-refractivity contribution < 1.29 is 9.50 Å². The first-order valence-corrected chi connectivity index (χ1v) is 1.46. The Morgan fingerprint density at radius 2 is 2.00 bits per heavy atom.